The quantitative estimate of drug-likeness (QED) is 0.592. The first-order valence-corrected chi connectivity index (χ1v) is 6.49. The first kappa shape index (κ1) is 9.24. The van der Waals surface area contributed by atoms with Crippen LogP contribution in [-0.4, -0.2) is 0 Å². The van der Waals surface area contributed by atoms with Gasteiger partial charge in [0.2, 0.25) is 0 Å². The van der Waals surface area contributed by atoms with Gasteiger partial charge in [-0.05, 0) is 53.3 Å². The lowest BCUT2D eigenvalue weighted by Gasteiger charge is -2.24. The lowest BCUT2D eigenvalue weighted by molar-refractivity contribution is 0.242. The zero-order valence-electron chi connectivity index (χ0n) is 10.2. The Morgan fingerprint density at radius 2 is 1.50 bits per heavy atom. The van der Waals surface area contributed by atoms with Gasteiger partial charge in [0.25, 0.3) is 0 Å². The fourth-order valence-electron chi connectivity index (χ4n) is 5.13. The molecule has 0 radical (unpaired) electrons. The van der Waals surface area contributed by atoms with Crippen LogP contribution in [0, 0.1) is 46.8 Å². The summed E-state index contributed by atoms with van der Waals surface area (Å²) >= 11 is 0. The molecule has 0 N–H and O–H groups in total. The van der Waals surface area contributed by atoms with Crippen molar-refractivity contribution >= 4 is 0 Å². The van der Waals surface area contributed by atoms with Crippen LogP contribution in [0.5, 0.6) is 0 Å². The first-order chi connectivity index (χ1) is 6.49. The molecule has 3 saturated carbocycles. The third-order valence-corrected chi connectivity index (χ3v) is 6.67. The maximum Gasteiger partial charge on any atom is -0.0238 e. The minimum atomic E-state index is 0.721. The molecule has 3 rings (SSSR count). The standard InChI is InChI=1S/C14H24/c1-7-6-11(13-8(2)12(7)13)14(5)9(3)10(14)4/h7-13H,6H2,1-5H3. The summed E-state index contributed by atoms with van der Waals surface area (Å²) in [7, 11) is 0. The summed E-state index contributed by atoms with van der Waals surface area (Å²) in [5.41, 5.74) is 0.721. The second-order valence-electron chi connectivity index (χ2n) is 6.78. The molecule has 0 saturated heterocycles. The van der Waals surface area contributed by atoms with Gasteiger partial charge in [-0.3, -0.25) is 0 Å². The van der Waals surface area contributed by atoms with Crippen LogP contribution in [-0.2, 0) is 0 Å². The fraction of sp³-hybridized carbons (Fsp3) is 1.00. The van der Waals surface area contributed by atoms with E-state index in [0.29, 0.717) is 0 Å². The maximum absolute atomic E-state index is 2.56. The first-order valence-electron chi connectivity index (χ1n) is 6.49. The average molecular weight is 192 g/mol. The van der Waals surface area contributed by atoms with Crippen molar-refractivity contribution in [1.29, 1.82) is 0 Å². The summed E-state index contributed by atoms with van der Waals surface area (Å²) in [5.74, 6) is 7.36. The van der Waals surface area contributed by atoms with Crippen LogP contribution in [0.3, 0.4) is 0 Å². The van der Waals surface area contributed by atoms with E-state index in [-0.39, 0.29) is 0 Å². The highest BCUT2D eigenvalue weighted by Crippen LogP contribution is 2.75. The number of hydrogen-bond donors (Lipinski definition) is 0. The van der Waals surface area contributed by atoms with E-state index in [1.54, 1.807) is 0 Å². The normalized spacial score (nSPS) is 70.5. The Labute approximate surface area is 88.5 Å². The van der Waals surface area contributed by atoms with Crippen molar-refractivity contribution in [3.05, 3.63) is 0 Å². The third-order valence-electron chi connectivity index (χ3n) is 6.67. The number of hydrogen-bond acceptors (Lipinski definition) is 0. The maximum atomic E-state index is 2.56. The average Bonchev–Trinajstić information content (AvgIpc) is 2.83. The highest BCUT2D eigenvalue weighted by atomic mass is 14.7. The van der Waals surface area contributed by atoms with Crippen molar-refractivity contribution in [1.82, 2.24) is 0 Å². The van der Waals surface area contributed by atoms with E-state index in [1.165, 1.54) is 6.42 Å². The van der Waals surface area contributed by atoms with Gasteiger partial charge in [-0.2, -0.15) is 0 Å². The van der Waals surface area contributed by atoms with Crippen LogP contribution in [0.15, 0.2) is 0 Å². The molecule has 0 aromatic heterocycles. The Bertz CT molecular complexity index is 259. The molecular formula is C14H24. The van der Waals surface area contributed by atoms with Gasteiger partial charge in [-0.25, -0.2) is 0 Å². The topological polar surface area (TPSA) is 0 Å². The van der Waals surface area contributed by atoms with Crippen molar-refractivity contribution in [2.24, 2.45) is 46.8 Å². The molecule has 3 fully saturated rings. The van der Waals surface area contributed by atoms with Crippen molar-refractivity contribution in [3.8, 4) is 0 Å². The lowest BCUT2D eigenvalue weighted by atomic mass is 9.81. The molecule has 0 bridgehead atoms. The molecule has 80 valence electrons. The van der Waals surface area contributed by atoms with Crippen molar-refractivity contribution in [2.45, 2.75) is 41.0 Å². The minimum Gasteiger partial charge on any atom is -0.0622 e. The van der Waals surface area contributed by atoms with Gasteiger partial charge in [0.05, 0.1) is 0 Å². The molecule has 0 aromatic rings. The molecule has 7 unspecified atom stereocenters. The van der Waals surface area contributed by atoms with Crippen LogP contribution < -0.4 is 0 Å². The largest absolute Gasteiger partial charge is 0.0622 e. The van der Waals surface area contributed by atoms with E-state index >= 15 is 0 Å². The van der Waals surface area contributed by atoms with Gasteiger partial charge in [0.15, 0.2) is 0 Å². The second kappa shape index (κ2) is 2.39. The van der Waals surface area contributed by atoms with E-state index in [1.807, 2.05) is 0 Å². The van der Waals surface area contributed by atoms with Crippen molar-refractivity contribution in [2.75, 3.05) is 0 Å². The Morgan fingerprint density at radius 3 is 1.86 bits per heavy atom. The van der Waals surface area contributed by atoms with E-state index in [4.69, 9.17) is 0 Å². The molecule has 0 aliphatic heterocycles. The SMILES string of the molecule is CC1CC(C2(C)C(C)C2C)C2C(C)C12. The highest BCUT2D eigenvalue weighted by Gasteiger charge is 2.70. The molecule has 0 amide bonds. The fourth-order valence-corrected chi connectivity index (χ4v) is 5.13. The Hall–Kier alpha value is 0. The van der Waals surface area contributed by atoms with E-state index in [0.717, 1.165) is 46.8 Å². The molecule has 0 heterocycles. The molecular weight excluding hydrogens is 168 g/mol. The lowest BCUT2D eigenvalue weighted by Crippen LogP contribution is -2.18. The summed E-state index contributed by atoms with van der Waals surface area (Å²) in [4.78, 5) is 0. The minimum absolute atomic E-state index is 0.721. The zero-order chi connectivity index (χ0) is 10.2. The highest BCUT2D eigenvalue weighted by molar-refractivity contribution is 5.17. The predicted octanol–water partition coefficient (Wildman–Crippen LogP) is 3.82. The third kappa shape index (κ3) is 0.823. The zero-order valence-corrected chi connectivity index (χ0v) is 10.2. The predicted molar refractivity (Wildman–Crippen MR) is 59.9 cm³/mol. The Balaban J connectivity index is 1.82. The monoisotopic (exact) mass is 192 g/mol. The van der Waals surface area contributed by atoms with Gasteiger partial charge in [0.1, 0.15) is 0 Å². The molecule has 0 spiro atoms. The number of rotatable bonds is 1. The van der Waals surface area contributed by atoms with Gasteiger partial charge < -0.3 is 0 Å². The summed E-state index contributed by atoms with van der Waals surface area (Å²) in [5, 5.41) is 0. The van der Waals surface area contributed by atoms with Gasteiger partial charge in [-0.1, -0.05) is 34.6 Å². The Morgan fingerprint density at radius 1 is 0.929 bits per heavy atom. The van der Waals surface area contributed by atoms with E-state index in [2.05, 4.69) is 34.6 Å². The van der Waals surface area contributed by atoms with Crippen molar-refractivity contribution in [3.63, 3.8) is 0 Å². The van der Waals surface area contributed by atoms with Crippen LogP contribution in [0.4, 0.5) is 0 Å². The molecule has 3 aliphatic carbocycles. The summed E-state index contributed by atoms with van der Waals surface area (Å²) < 4.78 is 0. The van der Waals surface area contributed by atoms with Crippen LogP contribution in [0.25, 0.3) is 0 Å². The van der Waals surface area contributed by atoms with E-state index in [9.17, 15) is 0 Å². The van der Waals surface area contributed by atoms with Crippen LogP contribution >= 0.6 is 0 Å². The number of fused-ring (bicyclic) bond motifs is 1. The van der Waals surface area contributed by atoms with Gasteiger partial charge >= 0.3 is 0 Å². The molecule has 0 aromatic carbocycles. The second-order valence-corrected chi connectivity index (χ2v) is 6.78. The van der Waals surface area contributed by atoms with Crippen molar-refractivity contribution < 1.29 is 0 Å². The van der Waals surface area contributed by atoms with Crippen LogP contribution in [0.1, 0.15) is 41.0 Å². The van der Waals surface area contributed by atoms with Gasteiger partial charge in [-0.15, -0.1) is 0 Å². The molecule has 3 aliphatic rings. The molecule has 14 heavy (non-hydrogen) atoms. The summed E-state index contributed by atoms with van der Waals surface area (Å²) in [6, 6.07) is 0. The van der Waals surface area contributed by atoms with Crippen LogP contribution in [0.2, 0.25) is 0 Å². The molecule has 7 atom stereocenters. The van der Waals surface area contributed by atoms with Gasteiger partial charge in [0, 0.05) is 0 Å². The van der Waals surface area contributed by atoms with E-state index < -0.39 is 0 Å². The smallest absolute Gasteiger partial charge is 0.0238 e. The molecule has 0 heteroatoms. The Kier molecular flexibility index (Phi) is 1.58. The summed E-state index contributed by atoms with van der Waals surface area (Å²) in [6.07, 6.45) is 1.53. The summed E-state index contributed by atoms with van der Waals surface area (Å²) in [6.45, 7) is 12.5. The molecule has 0 nitrogen and oxygen atoms in total.